The minimum atomic E-state index is -0.385. The summed E-state index contributed by atoms with van der Waals surface area (Å²) in [4.78, 5) is 19.0. The molecule has 0 saturated carbocycles. The monoisotopic (exact) mass is 284 g/mol. The van der Waals surface area contributed by atoms with Crippen molar-refractivity contribution < 1.29 is 9.90 Å². The molecule has 0 bridgehead atoms. The summed E-state index contributed by atoms with van der Waals surface area (Å²) in [6.45, 7) is 2.53. The Morgan fingerprint density at radius 3 is 3.05 bits per heavy atom. The van der Waals surface area contributed by atoms with Gasteiger partial charge in [0.15, 0.2) is 0 Å². The van der Waals surface area contributed by atoms with E-state index in [2.05, 4.69) is 4.98 Å². The van der Waals surface area contributed by atoms with Crippen LogP contribution < -0.4 is 0 Å². The van der Waals surface area contributed by atoms with Gasteiger partial charge in [-0.15, -0.1) is 0 Å². The fraction of sp³-hybridized carbons (Fsp3) is 0.412. The summed E-state index contributed by atoms with van der Waals surface area (Å²) in [5, 5.41) is 11.5. The quantitative estimate of drug-likeness (QED) is 0.942. The SMILES string of the molecule is CC(O)CC1CCCN1C(=O)c1nccc2ccccc12. The summed E-state index contributed by atoms with van der Waals surface area (Å²) in [6, 6.07) is 9.86. The van der Waals surface area contributed by atoms with E-state index in [0.717, 1.165) is 30.2 Å². The molecule has 4 heteroatoms. The Bertz CT molecular complexity index is 649. The second-order valence-corrected chi connectivity index (χ2v) is 5.76. The molecule has 1 saturated heterocycles. The van der Waals surface area contributed by atoms with E-state index in [1.165, 1.54) is 0 Å². The topological polar surface area (TPSA) is 53.4 Å². The molecule has 4 nitrogen and oxygen atoms in total. The molecule has 0 spiro atoms. The van der Waals surface area contributed by atoms with Gasteiger partial charge in [0.25, 0.3) is 5.91 Å². The number of aliphatic hydroxyl groups is 1. The van der Waals surface area contributed by atoms with Crippen LogP contribution in [0, 0.1) is 0 Å². The third kappa shape index (κ3) is 2.76. The number of amides is 1. The second kappa shape index (κ2) is 5.82. The Kier molecular flexibility index (Phi) is 3.88. The number of hydrogen-bond acceptors (Lipinski definition) is 3. The molecule has 1 amide bonds. The lowest BCUT2D eigenvalue weighted by molar-refractivity contribution is 0.0678. The minimum Gasteiger partial charge on any atom is -0.393 e. The van der Waals surface area contributed by atoms with Crippen molar-refractivity contribution in [3.8, 4) is 0 Å². The van der Waals surface area contributed by atoms with Crippen molar-refractivity contribution >= 4 is 16.7 Å². The van der Waals surface area contributed by atoms with Crippen LogP contribution in [-0.2, 0) is 0 Å². The smallest absolute Gasteiger partial charge is 0.273 e. The van der Waals surface area contributed by atoms with Crippen LogP contribution >= 0.6 is 0 Å². The molecule has 3 rings (SSSR count). The molecule has 21 heavy (non-hydrogen) atoms. The van der Waals surface area contributed by atoms with Crippen LogP contribution in [0.1, 0.15) is 36.7 Å². The van der Waals surface area contributed by atoms with Crippen molar-refractivity contribution in [2.45, 2.75) is 38.3 Å². The molecular formula is C17H20N2O2. The molecule has 0 aliphatic carbocycles. The third-order valence-corrected chi connectivity index (χ3v) is 4.13. The maximum Gasteiger partial charge on any atom is 0.273 e. The van der Waals surface area contributed by atoms with Gasteiger partial charge in [-0.3, -0.25) is 9.78 Å². The Labute approximate surface area is 124 Å². The maximum atomic E-state index is 12.8. The van der Waals surface area contributed by atoms with Crippen molar-refractivity contribution in [1.82, 2.24) is 9.88 Å². The van der Waals surface area contributed by atoms with Crippen LogP contribution in [-0.4, -0.2) is 39.6 Å². The second-order valence-electron chi connectivity index (χ2n) is 5.76. The number of nitrogens with zero attached hydrogens (tertiary/aromatic N) is 2. The van der Waals surface area contributed by atoms with Crippen LogP contribution in [0.25, 0.3) is 10.8 Å². The molecule has 0 radical (unpaired) electrons. The first-order valence-corrected chi connectivity index (χ1v) is 7.49. The number of hydrogen-bond donors (Lipinski definition) is 1. The molecule has 1 aromatic carbocycles. The molecular weight excluding hydrogens is 264 g/mol. The highest BCUT2D eigenvalue weighted by atomic mass is 16.3. The first-order valence-electron chi connectivity index (χ1n) is 7.49. The average molecular weight is 284 g/mol. The molecule has 1 N–H and O–H groups in total. The van der Waals surface area contributed by atoms with Gasteiger partial charge in [-0.2, -0.15) is 0 Å². The molecule has 1 aliphatic rings. The lowest BCUT2D eigenvalue weighted by atomic mass is 10.1. The summed E-state index contributed by atoms with van der Waals surface area (Å²) in [5.41, 5.74) is 0.519. The van der Waals surface area contributed by atoms with Gasteiger partial charge in [0, 0.05) is 24.2 Å². The Hall–Kier alpha value is -1.94. The Morgan fingerprint density at radius 2 is 2.24 bits per heavy atom. The number of fused-ring (bicyclic) bond motifs is 1. The van der Waals surface area contributed by atoms with E-state index in [1.807, 2.05) is 35.2 Å². The number of likely N-dealkylation sites (tertiary alicyclic amines) is 1. The summed E-state index contributed by atoms with van der Waals surface area (Å²) >= 11 is 0. The summed E-state index contributed by atoms with van der Waals surface area (Å²) in [7, 11) is 0. The van der Waals surface area contributed by atoms with Gasteiger partial charge in [0.05, 0.1) is 6.10 Å². The van der Waals surface area contributed by atoms with E-state index in [4.69, 9.17) is 0 Å². The maximum absolute atomic E-state index is 12.8. The van der Waals surface area contributed by atoms with Crippen molar-refractivity contribution in [3.63, 3.8) is 0 Å². The van der Waals surface area contributed by atoms with Gasteiger partial charge in [0.1, 0.15) is 5.69 Å². The number of aromatic nitrogens is 1. The normalized spacial score (nSPS) is 19.9. The Balaban J connectivity index is 1.93. The molecule has 2 atom stereocenters. The number of carbonyl (C=O) groups excluding carboxylic acids is 1. The zero-order valence-electron chi connectivity index (χ0n) is 12.2. The van der Waals surface area contributed by atoms with Gasteiger partial charge in [0.2, 0.25) is 0 Å². The van der Waals surface area contributed by atoms with E-state index in [0.29, 0.717) is 12.1 Å². The average Bonchev–Trinajstić information content (AvgIpc) is 2.93. The predicted molar refractivity (Wildman–Crippen MR) is 82.1 cm³/mol. The van der Waals surface area contributed by atoms with Gasteiger partial charge < -0.3 is 10.0 Å². The lowest BCUT2D eigenvalue weighted by Gasteiger charge is -2.25. The summed E-state index contributed by atoms with van der Waals surface area (Å²) < 4.78 is 0. The fourth-order valence-corrected chi connectivity index (χ4v) is 3.17. The highest BCUT2D eigenvalue weighted by molar-refractivity contribution is 6.05. The van der Waals surface area contributed by atoms with Crippen molar-refractivity contribution in [2.75, 3.05) is 6.54 Å². The van der Waals surface area contributed by atoms with E-state index in [-0.39, 0.29) is 18.1 Å². The van der Waals surface area contributed by atoms with Crippen molar-refractivity contribution in [2.24, 2.45) is 0 Å². The zero-order chi connectivity index (χ0) is 14.8. The first-order chi connectivity index (χ1) is 10.2. The van der Waals surface area contributed by atoms with E-state index in [9.17, 15) is 9.90 Å². The predicted octanol–water partition coefficient (Wildman–Crippen LogP) is 2.61. The van der Waals surface area contributed by atoms with E-state index < -0.39 is 0 Å². The largest absolute Gasteiger partial charge is 0.393 e. The molecule has 1 fully saturated rings. The highest BCUT2D eigenvalue weighted by Gasteiger charge is 2.31. The number of benzene rings is 1. The Morgan fingerprint density at radius 1 is 1.43 bits per heavy atom. The van der Waals surface area contributed by atoms with Crippen LogP contribution in [0.5, 0.6) is 0 Å². The van der Waals surface area contributed by atoms with Gasteiger partial charge in [-0.05, 0) is 37.6 Å². The number of rotatable bonds is 3. The van der Waals surface area contributed by atoms with Gasteiger partial charge in [-0.1, -0.05) is 24.3 Å². The van der Waals surface area contributed by atoms with E-state index >= 15 is 0 Å². The summed E-state index contributed by atoms with van der Waals surface area (Å²) in [5.74, 6) is -0.0186. The number of pyridine rings is 1. The van der Waals surface area contributed by atoms with Crippen LogP contribution in [0.3, 0.4) is 0 Å². The molecule has 2 aromatic rings. The molecule has 2 unspecified atom stereocenters. The molecule has 110 valence electrons. The number of aliphatic hydroxyl groups excluding tert-OH is 1. The van der Waals surface area contributed by atoms with E-state index in [1.54, 1.807) is 13.1 Å². The lowest BCUT2D eigenvalue weighted by Crippen LogP contribution is -2.37. The van der Waals surface area contributed by atoms with Crippen LogP contribution in [0.4, 0.5) is 0 Å². The minimum absolute atomic E-state index is 0.0186. The zero-order valence-corrected chi connectivity index (χ0v) is 12.2. The standard InChI is InChI=1S/C17H20N2O2/c1-12(20)11-14-6-4-10-19(14)17(21)16-15-7-3-2-5-13(15)8-9-18-16/h2-3,5,7-9,12,14,20H,4,6,10-11H2,1H3. The van der Waals surface area contributed by atoms with Crippen molar-refractivity contribution in [3.05, 3.63) is 42.2 Å². The van der Waals surface area contributed by atoms with Gasteiger partial charge >= 0.3 is 0 Å². The van der Waals surface area contributed by atoms with Crippen LogP contribution in [0.2, 0.25) is 0 Å². The first kappa shape index (κ1) is 14.0. The molecule has 1 aliphatic heterocycles. The fourth-order valence-electron chi connectivity index (χ4n) is 3.17. The van der Waals surface area contributed by atoms with Crippen LogP contribution in [0.15, 0.2) is 36.5 Å². The van der Waals surface area contributed by atoms with Crippen molar-refractivity contribution in [1.29, 1.82) is 0 Å². The number of carbonyl (C=O) groups is 1. The molecule has 1 aromatic heterocycles. The highest BCUT2D eigenvalue weighted by Crippen LogP contribution is 2.25. The summed E-state index contributed by atoms with van der Waals surface area (Å²) in [6.07, 6.45) is 3.89. The third-order valence-electron chi connectivity index (χ3n) is 4.13. The van der Waals surface area contributed by atoms with Gasteiger partial charge in [-0.25, -0.2) is 0 Å². The molecule has 2 heterocycles.